The van der Waals surface area contributed by atoms with Crippen LogP contribution in [0.1, 0.15) is 36.1 Å². The number of nitrogens with one attached hydrogen (secondary N) is 1. The average molecular weight is 288 g/mol. The third kappa shape index (κ3) is 3.79. The first-order valence-corrected chi connectivity index (χ1v) is 7.14. The van der Waals surface area contributed by atoms with E-state index < -0.39 is 0 Å². The topological polar surface area (TPSA) is 34.2 Å². The van der Waals surface area contributed by atoms with Gasteiger partial charge in [0.25, 0.3) is 0 Å². The van der Waals surface area contributed by atoms with E-state index in [0.717, 1.165) is 29.7 Å². The molecule has 0 aliphatic heterocycles. The van der Waals surface area contributed by atoms with Crippen molar-refractivity contribution in [2.24, 2.45) is 0 Å². The van der Waals surface area contributed by atoms with Gasteiger partial charge in [0, 0.05) is 18.0 Å². The molecule has 4 heteroatoms. The Kier molecular flexibility index (Phi) is 5.28. The molecule has 3 nitrogen and oxygen atoms in total. The standard InChI is InChI=1S/C17H21FN2O/c1-4-7-20-17(13-8-12(2)10-19-11-13)15-9-14(18)5-6-16(15)21-3/h5-6,8-11,17,20H,4,7H2,1-3H3. The average Bonchev–Trinajstić information content (AvgIpc) is 2.48. The van der Waals surface area contributed by atoms with Gasteiger partial charge in [-0.3, -0.25) is 4.98 Å². The van der Waals surface area contributed by atoms with Crippen molar-refractivity contribution in [3.8, 4) is 5.75 Å². The van der Waals surface area contributed by atoms with Crippen molar-refractivity contribution in [2.75, 3.05) is 13.7 Å². The molecule has 2 aromatic rings. The highest BCUT2D eigenvalue weighted by atomic mass is 19.1. The normalized spacial score (nSPS) is 12.2. The van der Waals surface area contributed by atoms with E-state index >= 15 is 0 Å². The third-order valence-corrected chi connectivity index (χ3v) is 3.33. The molecule has 0 spiro atoms. The number of benzene rings is 1. The predicted molar refractivity (Wildman–Crippen MR) is 82.1 cm³/mol. The Hall–Kier alpha value is -1.94. The Morgan fingerprint density at radius 1 is 1.29 bits per heavy atom. The Balaban J connectivity index is 2.47. The zero-order chi connectivity index (χ0) is 15.2. The van der Waals surface area contributed by atoms with Crippen molar-refractivity contribution in [3.63, 3.8) is 0 Å². The van der Waals surface area contributed by atoms with Crippen molar-refractivity contribution in [1.29, 1.82) is 0 Å². The van der Waals surface area contributed by atoms with Gasteiger partial charge < -0.3 is 10.1 Å². The van der Waals surface area contributed by atoms with Crippen molar-refractivity contribution in [2.45, 2.75) is 26.3 Å². The molecule has 0 bridgehead atoms. The van der Waals surface area contributed by atoms with Gasteiger partial charge in [-0.2, -0.15) is 0 Å². The number of rotatable bonds is 6. The second-order valence-electron chi connectivity index (χ2n) is 5.07. The number of nitrogens with zero attached hydrogens (tertiary/aromatic N) is 1. The zero-order valence-corrected chi connectivity index (χ0v) is 12.7. The number of aryl methyl sites for hydroxylation is 1. The Bertz CT molecular complexity index is 601. The summed E-state index contributed by atoms with van der Waals surface area (Å²) in [5.41, 5.74) is 2.87. The largest absolute Gasteiger partial charge is 0.496 e. The van der Waals surface area contributed by atoms with Gasteiger partial charge in [-0.25, -0.2) is 4.39 Å². The van der Waals surface area contributed by atoms with Crippen LogP contribution in [0.2, 0.25) is 0 Å². The second kappa shape index (κ2) is 7.18. The maximum absolute atomic E-state index is 13.7. The molecule has 0 radical (unpaired) electrons. The third-order valence-electron chi connectivity index (χ3n) is 3.33. The number of hydrogen-bond acceptors (Lipinski definition) is 3. The second-order valence-corrected chi connectivity index (χ2v) is 5.07. The van der Waals surface area contributed by atoms with Gasteiger partial charge >= 0.3 is 0 Å². The van der Waals surface area contributed by atoms with E-state index in [4.69, 9.17) is 4.74 Å². The number of hydrogen-bond donors (Lipinski definition) is 1. The molecule has 1 heterocycles. The van der Waals surface area contributed by atoms with Crippen LogP contribution in [0.3, 0.4) is 0 Å². The van der Waals surface area contributed by atoms with E-state index in [-0.39, 0.29) is 11.9 Å². The first kappa shape index (κ1) is 15.4. The van der Waals surface area contributed by atoms with E-state index in [1.165, 1.54) is 12.1 Å². The summed E-state index contributed by atoms with van der Waals surface area (Å²) < 4.78 is 19.0. The number of aromatic nitrogens is 1. The smallest absolute Gasteiger partial charge is 0.124 e. The summed E-state index contributed by atoms with van der Waals surface area (Å²) >= 11 is 0. The molecule has 21 heavy (non-hydrogen) atoms. The molecule has 0 aliphatic carbocycles. The van der Waals surface area contributed by atoms with E-state index in [1.807, 2.05) is 19.3 Å². The van der Waals surface area contributed by atoms with Crippen LogP contribution in [0.4, 0.5) is 4.39 Å². The predicted octanol–water partition coefficient (Wildman–Crippen LogP) is 3.63. The number of pyridine rings is 1. The van der Waals surface area contributed by atoms with Gasteiger partial charge in [-0.05, 0) is 49.2 Å². The van der Waals surface area contributed by atoms with Crippen LogP contribution in [-0.2, 0) is 0 Å². The minimum Gasteiger partial charge on any atom is -0.496 e. The summed E-state index contributed by atoms with van der Waals surface area (Å²) in [5.74, 6) is 0.404. The minimum atomic E-state index is -0.269. The van der Waals surface area contributed by atoms with Gasteiger partial charge in [0.2, 0.25) is 0 Å². The molecule has 112 valence electrons. The lowest BCUT2D eigenvalue weighted by Crippen LogP contribution is -2.24. The maximum Gasteiger partial charge on any atom is 0.124 e. The lowest BCUT2D eigenvalue weighted by atomic mass is 9.98. The SMILES string of the molecule is CCCNC(c1cncc(C)c1)c1cc(F)ccc1OC. The first-order valence-electron chi connectivity index (χ1n) is 7.14. The molecule has 1 atom stereocenters. The summed E-state index contributed by atoms with van der Waals surface area (Å²) in [6.45, 7) is 4.93. The Morgan fingerprint density at radius 2 is 2.10 bits per heavy atom. The highest BCUT2D eigenvalue weighted by molar-refractivity contribution is 5.42. The molecular formula is C17H21FN2O. The fourth-order valence-corrected chi connectivity index (χ4v) is 2.36. The van der Waals surface area contributed by atoms with Crippen LogP contribution < -0.4 is 10.1 Å². The molecule has 1 unspecified atom stereocenters. The number of halogens is 1. The summed E-state index contributed by atoms with van der Waals surface area (Å²) in [6, 6.07) is 6.52. The highest BCUT2D eigenvalue weighted by Crippen LogP contribution is 2.30. The van der Waals surface area contributed by atoms with Gasteiger partial charge in [0.05, 0.1) is 13.2 Å². The van der Waals surface area contributed by atoms with Gasteiger partial charge in [-0.1, -0.05) is 13.0 Å². The van der Waals surface area contributed by atoms with Crippen LogP contribution in [-0.4, -0.2) is 18.6 Å². The molecule has 0 saturated heterocycles. The van der Waals surface area contributed by atoms with E-state index in [2.05, 4.69) is 23.3 Å². The number of methoxy groups -OCH3 is 1. The van der Waals surface area contributed by atoms with Gasteiger partial charge in [0.1, 0.15) is 11.6 Å². The zero-order valence-electron chi connectivity index (χ0n) is 12.7. The summed E-state index contributed by atoms with van der Waals surface area (Å²) in [7, 11) is 1.60. The monoisotopic (exact) mass is 288 g/mol. The van der Waals surface area contributed by atoms with E-state index in [9.17, 15) is 4.39 Å². The molecule has 0 amide bonds. The fraction of sp³-hybridized carbons (Fsp3) is 0.353. The summed E-state index contributed by atoms with van der Waals surface area (Å²) in [5, 5.41) is 3.44. The van der Waals surface area contributed by atoms with Crippen molar-refractivity contribution >= 4 is 0 Å². The maximum atomic E-state index is 13.7. The molecule has 0 saturated carbocycles. The van der Waals surface area contributed by atoms with Crippen LogP contribution in [0.25, 0.3) is 0 Å². The van der Waals surface area contributed by atoms with Crippen LogP contribution in [0.15, 0.2) is 36.7 Å². The molecule has 1 aromatic heterocycles. The Morgan fingerprint density at radius 3 is 2.76 bits per heavy atom. The highest BCUT2D eigenvalue weighted by Gasteiger charge is 2.19. The quantitative estimate of drug-likeness (QED) is 0.881. The lowest BCUT2D eigenvalue weighted by Gasteiger charge is -2.22. The van der Waals surface area contributed by atoms with E-state index in [0.29, 0.717) is 5.75 Å². The minimum absolute atomic E-state index is 0.136. The number of ether oxygens (including phenoxy) is 1. The molecule has 2 rings (SSSR count). The molecule has 1 N–H and O–H groups in total. The molecule has 0 fully saturated rings. The fourth-order valence-electron chi connectivity index (χ4n) is 2.36. The van der Waals surface area contributed by atoms with E-state index in [1.54, 1.807) is 13.2 Å². The van der Waals surface area contributed by atoms with Crippen molar-refractivity contribution in [1.82, 2.24) is 10.3 Å². The van der Waals surface area contributed by atoms with Crippen LogP contribution in [0.5, 0.6) is 5.75 Å². The molecular weight excluding hydrogens is 267 g/mol. The van der Waals surface area contributed by atoms with Crippen molar-refractivity contribution in [3.05, 3.63) is 59.2 Å². The lowest BCUT2D eigenvalue weighted by molar-refractivity contribution is 0.402. The van der Waals surface area contributed by atoms with Crippen LogP contribution >= 0.6 is 0 Å². The first-order chi connectivity index (χ1) is 10.2. The summed E-state index contributed by atoms with van der Waals surface area (Å²) in [6.07, 6.45) is 4.61. The molecule has 0 aliphatic rings. The van der Waals surface area contributed by atoms with Gasteiger partial charge in [-0.15, -0.1) is 0 Å². The van der Waals surface area contributed by atoms with Crippen LogP contribution in [0, 0.1) is 12.7 Å². The summed E-state index contributed by atoms with van der Waals surface area (Å²) in [4.78, 5) is 4.24. The van der Waals surface area contributed by atoms with Crippen molar-refractivity contribution < 1.29 is 9.13 Å². The van der Waals surface area contributed by atoms with Gasteiger partial charge in [0.15, 0.2) is 0 Å². The Labute approximate surface area is 125 Å². The molecule has 1 aromatic carbocycles.